The second-order valence-electron chi connectivity index (χ2n) is 4.61. The summed E-state index contributed by atoms with van der Waals surface area (Å²) in [5.74, 6) is 0.182. The van der Waals surface area contributed by atoms with Crippen LogP contribution in [0.25, 0.3) is 0 Å². The maximum Gasteiger partial charge on any atom is 0.416 e. The molecule has 2 aromatic rings. The third kappa shape index (κ3) is 3.67. The lowest BCUT2D eigenvalue weighted by Gasteiger charge is -2.23. The van der Waals surface area contributed by atoms with Crippen LogP contribution in [0.5, 0.6) is 0 Å². The summed E-state index contributed by atoms with van der Waals surface area (Å²) < 4.78 is 38.6. The van der Waals surface area contributed by atoms with Crippen LogP contribution in [-0.4, -0.2) is 11.5 Å². The molecule has 1 aromatic heterocycles. The number of halogens is 4. The molecule has 0 unspecified atom stereocenters. The van der Waals surface area contributed by atoms with E-state index in [2.05, 4.69) is 4.98 Å². The van der Waals surface area contributed by atoms with Gasteiger partial charge in [0, 0.05) is 12.2 Å². The van der Waals surface area contributed by atoms with Crippen LogP contribution in [0.4, 0.5) is 24.7 Å². The van der Waals surface area contributed by atoms with Gasteiger partial charge in [-0.25, -0.2) is 4.98 Å². The molecule has 0 amide bonds. The van der Waals surface area contributed by atoms with E-state index in [1.165, 1.54) is 0 Å². The van der Waals surface area contributed by atoms with E-state index in [1.807, 2.05) is 38.1 Å². The Balaban J connectivity index is 2.47. The third-order valence-electron chi connectivity index (χ3n) is 3.05. The molecular formula is C15H14ClF3N2. The third-order valence-corrected chi connectivity index (χ3v) is 3.24. The van der Waals surface area contributed by atoms with Gasteiger partial charge in [0.1, 0.15) is 11.0 Å². The molecular weight excluding hydrogens is 301 g/mol. The van der Waals surface area contributed by atoms with Crippen molar-refractivity contribution in [3.05, 3.63) is 52.7 Å². The second-order valence-corrected chi connectivity index (χ2v) is 5.00. The van der Waals surface area contributed by atoms with Crippen LogP contribution in [0.15, 0.2) is 36.4 Å². The Morgan fingerprint density at radius 2 is 1.76 bits per heavy atom. The van der Waals surface area contributed by atoms with Crippen molar-refractivity contribution in [1.82, 2.24) is 4.98 Å². The highest BCUT2D eigenvalue weighted by atomic mass is 35.5. The number of rotatable bonds is 3. The smallest absolute Gasteiger partial charge is 0.327 e. The molecule has 21 heavy (non-hydrogen) atoms. The first-order chi connectivity index (χ1) is 9.81. The molecule has 112 valence electrons. The molecule has 0 radical (unpaired) electrons. The molecule has 0 aliphatic rings. The van der Waals surface area contributed by atoms with Crippen LogP contribution >= 0.6 is 11.6 Å². The minimum absolute atomic E-state index is 0.176. The highest BCUT2D eigenvalue weighted by molar-refractivity contribution is 6.29. The summed E-state index contributed by atoms with van der Waals surface area (Å²) in [6.07, 6.45) is -4.45. The summed E-state index contributed by atoms with van der Waals surface area (Å²) in [6.45, 7) is 4.27. The number of aromatic nitrogens is 1. The lowest BCUT2D eigenvalue weighted by atomic mass is 10.2. The SMILES string of the molecule is CCN(c1ccc(C)cc1)c1cc(C(F)(F)F)cc(Cl)n1. The molecule has 6 heteroatoms. The van der Waals surface area contributed by atoms with E-state index < -0.39 is 11.7 Å². The average Bonchev–Trinajstić information content (AvgIpc) is 2.40. The molecule has 0 saturated carbocycles. The topological polar surface area (TPSA) is 16.1 Å². The van der Waals surface area contributed by atoms with Crippen molar-refractivity contribution in [3.8, 4) is 0 Å². The first-order valence-electron chi connectivity index (χ1n) is 6.40. The van der Waals surface area contributed by atoms with Crippen molar-refractivity contribution in [2.24, 2.45) is 0 Å². The number of anilines is 2. The number of hydrogen-bond donors (Lipinski definition) is 0. The van der Waals surface area contributed by atoms with Crippen LogP contribution in [0.1, 0.15) is 18.1 Å². The van der Waals surface area contributed by atoms with Crippen LogP contribution in [-0.2, 0) is 6.18 Å². The fourth-order valence-corrected chi connectivity index (χ4v) is 2.19. The zero-order chi connectivity index (χ0) is 15.6. The lowest BCUT2D eigenvalue weighted by Crippen LogP contribution is -2.18. The highest BCUT2D eigenvalue weighted by Crippen LogP contribution is 2.34. The summed E-state index contributed by atoms with van der Waals surface area (Å²) in [6, 6.07) is 9.31. The van der Waals surface area contributed by atoms with E-state index >= 15 is 0 Å². The first-order valence-corrected chi connectivity index (χ1v) is 6.78. The monoisotopic (exact) mass is 314 g/mol. The Morgan fingerprint density at radius 3 is 2.29 bits per heavy atom. The van der Waals surface area contributed by atoms with Crippen LogP contribution in [0.2, 0.25) is 5.15 Å². The van der Waals surface area contributed by atoms with Gasteiger partial charge in [-0.05, 0) is 38.1 Å². The van der Waals surface area contributed by atoms with Crippen LogP contribution in [0.3, 0.4) is 0 Å². The van der Waals surface area contributed by atoms with Crippen molar-refractivity contribution in [1.29, 1.82) is 0 Å². The van der Waals surface area contributed by atoms with Gasteiger partial charge in [-0.2, -0.15) is 13.2 Å². The molecule has 0 aliphatic heterocycles. The maximum atomic E-state index is 12.9. The van der Waals surface area contributed by atoms with Gasteiger partial charge in [0.2, 0.25) is 0 Å². The Morgan fingerprint density at radius 1 is 1.14 bits per heavy atom. The van der Waals surface area contributed by atoms with E-state index in [-0.39, 0.29) is 11.0 Å². The maximum absolute atomic E-state index is 12.9. The molecule has 1 aromatic carbocycles. The molecule has 0 N–H and O–H groups in total. The number of pyridine rings is 1. The average molecular weight is 315 g/mol. The van der Waals surface area contributed by atoms with Crippen LogP contribution in [0, 0.1) is 6.92 Å². The number of nitrogens with zero attached hydrogens (tertiary/aromatic N) is 2. The Kier molecular flexibility index (Phi) is 4.42. The molecule has 0 atom stereocenters. The largest absolute Gasteiger partial charge is 0.416 e. The summed E-state index contributed by atoms with van der Waals surface area (Å²) >= 11 is 5.73. The molecule has 0 bridgehead atoms. The van der Waals surface area contributed by atoms with Crippen molar-refractivity contribution in [2.45, 2.75) is 20.0 Å². The number of alkyl halides is 3. The molecule has 0 saturated heterocycles. The highest BCUT2D eigenvalue weighted by Gasteiger charge is 2.32. The van der Waals surface area contributed by atoms with Gasteiger partial charge >= 0.3 is 6.18 Å². The Hall–Kier alpha value is -1.75. The van der Waals surface area contributed by atoms with E-state index in [9.17, 15) is 13.2 Å². The van der Waals surface area contributed by atoms with E-state index in [1.54, 1.807) is 4.90 Å². The summed E-state index contributed by atoms with van der Waals surface area (Å²) in [7, 11) is 0. The minimum Gasteiger partial charge on any atom is -0.327 e. The number of hydrogen-bond acceptors (Lipinski definition) is 2. The minimum atomic E-state index is -4.45. The van der Waals surface area contributed by atoms with Crippen molar-refractivity contribution in [3.63, 3.8) is 0 Å². The normalized spacial score (nSPS) is 11.5. The zero-order valence-electron chi connectivity index (χ0n) is 11.6. The van der Waals surface area contributed by atoms with Gasteiger partial charge in [-0.3, -0.25) is 0 Å². The number of aryl methyl sites for hydroxylation is 1. The predicted octanol–water partition coefficient (Wildman–Crippen LogP) is 5.22. The molecule has 0 fully saturated rings. The van der Waals surface area contributed by atoms with Gasteiger partial charge in [0.25, 0.3) is 0 Å². The molecule has 0 aliphatic carbocycles. The van der Waals surface area contributed by atoms with Gasteiger partial charge in [-0.15, -0.1) is 0 Å². The summed E-state index contributed by atoms with van der Waals surface area (Å²) in [5.41, 5.74) is 1.04. The first kappa shape index (κ1) is 15.6. The fourth-order valence-electron chi connectivity index (χ4n) is 1.99. The summed E-state index contributed by atoms with van der Waals surface area (Å²) in [5, 5.41) is -0.176. The fraction of sp³-hybridized carbons (Fsp3) is 0.267. The number of benzene rings is 1. The zero-order valence-corrected chi connectivity index (χ0v) is 12.3. The van der Waals surface area contributed by atoms with Crippen molar-refractivity contribution >= 4 is 23.1 Å². The Bertz CT molecular complexity index is 624. The van der Waals surface area contributed by atoms with Crippen molar-refractivity contribution < 1.29 is 13.2 Å². The molecule has 1 heterocycles. The lowest BCUT2D eigenvalue weighted by molar-refractivity contribution is -0.137. The van der Waals surface area contributed by atoms with Crippen LogP contribution < -0.4 is 4.90 Å². The second kappa shape index (κ2) is 5.93. The van der Waals surface area contributed by atoms with Gasteiger partial charge in [0.15, 0.2) is 0 Å². The van der Waals surface area contributed by atoms with Gasteiger partial charge in [-0.1, -0.05) is 29.3 Å². The standard InChI is InChI=1S/C15H14ClF3N2/c1-3-21(12-6-4-10(2)5-7-12)14-9-11(15(17,18)19)8-13(16)20-14/h4-9H,3H2,1-2H3. The molecule has 0 spiro atoms. The van der Waals surface area contributed by atoms with E-state index in [0.717, 1.165) is 23.4 Å². The predicted molar refractivity (Wildman–Crippen MR) is 78.1 cm³/mol. The Labute approximate surface area is 126 Å². The quantitative estimate of drug-likeness (QED) is 0.722. The molecule has 2 rings (SSSR count). The van der Waals surface area contributed by atoms with Crippen molar-refractivity contribution in [2.75, 3.05) is 11.4 Å². The van der Waals surface area contributed by atoms with E-state index in [4.69, 9.17) is 11.6 Å². The van der Waals surface area contributed by atoms with Gasteiger partial charge in [0.05, 0.1) is 5.56 Å². The molecule has 2 nitrogen and oxygen atoms in total. The van der Waals surface area contributed by atoms with Gasteiger partial charge < -0.3 is 4.90 Å². The van der Waals surface area contributed by atoms with E-state index in [0.29, 0.717) is 6.54 Å². The summed E-state index contributed by atoms with van der Waals surface area (Å²) in [4.78, 5) is 5.69.